The van der Waals surface area contributed by atoms with Crippen molar-refractivity contribution in [3.8, 4) is 0 Å². The van der Waals surface area contributed by atoms with E-state index in [1.165, 1.54) is 24.0 Å². The second kappa shape index (κ2) is 7.89. The zero-order valence-electron chi connectivity index (χ0n) is 9.77. The highest BCUT2D eigenvalue weighted by Gasteiger charge is 2.03. The summed E-state index contributed by atoms with van der Waals surface area (Å²) in [4.78, 5) is 28.8. The number of thioether (sulfide) groups is 1. The Morgan fingerprint density at radius 1 is 1.59 bits per heavy atom. The molecule has 0 aromatic carbocycles. The first-order chi connectivity index (χ1) is 8.22. The summed E-state index contributed by atoms with van der Waals surface area (Å²) in [5.74, 6) is 0.349. The Bertz CT molecular complexity index is 406. The van der Waals surface area contributed by atoms with Crippen LogP contribution in [0.3, 0.4) is 0 Å². The smallest absolute Gasteiger partial charge is 0.306 e. The van der Waals surface area contributed by atoms with Gasteiger partial charge < -0.3 is 9.72 Å². The minimum atomic E-state index is -0.204. The van der Waals surface area contributed by atoms with E-state index in [1.54, 1.807) is 0 Å². The lowest BCUT2D eigenvalue weighted by Crippen LogP contribution is -2.08. The number of nitrogens with one attached hydrogen (secondary N) is 1. The van der Waals surface area contributed by atoms with Crippen LogP contribution >= 0.6 is 11.8 Å². The van der Waals surface area contributed by atoms with Crippen molar-refractivity contribution < 1.29 is 9.53 Å². The molecule has 94 valence electrons. The summed E-state index contributed by atoms with van der Waals surface area (Å²) < 4.78 is 5.00. The van der Waals surface area contributed by atoms with Crippen molar-refractivity contribution in [1.82, 2.24) is 9.97 Å². The summed E-state index contributed by atoms with van der Waals surface area (Å²) in [6, 6.07) is 1.35. The SMILES string of the molecule is CCCCOC(=O)CCSc1nccc(=O)[nH]1. The molecule has 0 saturated heterocycles. The molecule has 0 aliphatic carbocycles. The Balaban J connectivity index is 2.19. The molecule has 1 aromatic heterocycles. The standard InChI is InChI=1S/C11H16N2O3S/c1-2-3-7-16-10(15)5-8-17-11-12-6-4-9(14)13-11/h4,6H,2-3,5,7-8H2,1H3,(H,12,13,14). The summed E-state index contributed by atoms with van der Waals surface area (Å²) in [5, 5.41) is 0.527. The Hall–Kier alpha value is -1.30. The van der Waals surface area contributed by atoms with Gasteiger partial charge in [0.25, 0.3) is 5.56 Å². The first-order valence-corrected chi connectivity index (χ1v) is 6.54. The normalized spacial score (nSPS) is 10.2. The highest BCUT2D eigenvalue weighted by atomic mass is 32.2. The number of aromatic amines is 1. The van der Waals surface area contributed by atoms with Crippen LogP contribution < -0.4 is 5.56 Å². The molecule has 0 aliphatic heterocycles. The van der Waals surface area contributed by atoms with E-state index in [0.717, 1.165) is 12.8 Å². The molecule has 1 heterocycles. The zero-order chi connectivity index (χ0) is 12.5. The maximum absolute atomic E-state index is 11.2. The van der Waals surface area contributed by atoms with Crippen LogP contribution in [0.1, 0.15) is 26.2 Å². The zero-order valence-corrected chi connectivity index (χ0v) is 10.6. The topological polar surface area (TPSA) is 72.0 Å². The Morgan fingerprint density at radius 3 is 3.12 bits per heavy atom. The molecule has 0 spiro atoms. The molecule has 17 heavy (non-hydrogen) atoms. The van der Waals surface area contributed by atoms with Gasteiger partial charge in [-0.15, -0.1) is 0 Å². The van der Waals surface area contributed by atoms with Crippen LogP contribution in [0.4, 0.5) is 0 Å². The van der Waals surface area contributed by atoms with E-state index >= 15 is 0 Å². The average molecular weight is 256 g/mol. The van der Waals surface area contributed by atoms with Gasteiger partial charge in [-0.3, -0.25) is 9.59 Å². The second-order valence-electron chi connectivity index (χ2n) is 3.41. The number of hydrogen-bond acceptors (Lipinski definition) is 5. The van der Waals surface area contributed by atoms with Gasteiger partial charge in [0, 0.05) is 18.0 Å². The lowest BCUT2D eigenvalue weighted by atomic mass is 10.4. The number of carbonyl (C=O) groups is 1. The van der Waals surface area contributed by atoms with Gasteiger partial charge in [0.05, 0.1) is 13.0 Å². The molecule has 0 unspecified atom stereocenters. The monoisotopic (exact) mass is 256 g/mol. The molecular formula is C11H16N2O3S. The van der Waals surface area contributed by atoms with E-state index in [1.807, 2.05) is 6.92 Å². The quantitative estimate of drug-likeness (QED) is 0.347. The first kappa shape index (κ1) is 13.8. The maximum Gasteiger partial charge on any atom is 0.306 e. The summed E-state index contributed by atoms with van der Waals surface area (Å²) >= 11 is 1.33. The molecule has 1 N–H and O–H groups in total. The third-order valence-corrected chi connectivity index (χ3v) is 2.84. The van der Waals surface area contributed by atoms with Crippen molar-refractivity contribution in [3.63, 3.8) is 0 Å². The van der Waals surface area contributed by atoms with Crippen LogP contribution in [0.5, 0.6) is 0 Å². The number of unbranched alkanes of at least 4 members (excludes halogenated alkanes) is 1. The molecule has 0 saturated carbocycles. The van der Waals surface area contributed by atoms with E-state index in [9.17, 15) is 9.59 Å². The summed E-state index contributed by atoms with van der Waals surface area (Å²) in [5.41, 5.74) is -0.187. The molecule has 5 nitrogen and oxygen atoms in total. The number of carbonyl (C=O) groups excluding carboxylic acids is 1. The first-order valence-electron chi connectivity index (χ1n) is 5.56. The van der Waals surface area contributed by atoms with E-state index in [2.05, 4.69) is 9.97 Å². The van der Waals surface area contributed by atoms with Gasteiger partial charge in [0.15, 0.2) is 5.16 Å². The largest absolute Gasteiger partial charge is 0.466 e. The fourth-order valence-corrected chi connectivity index (χ4v) is 1.83. The van der Waals surface area contributed by atoms with Gasteiger partial charge in [-0.25, -0.2) is 4.98 Å². The van der Waals surface area contributed by atoms with Crippen LogP contribution in [0.2, 0.25) is 0 Å². The minimum absolute atomic E-state index is 0.187. The molecule has 0 radical (unpaired) electrons. The fourth-order valence-electron chi connectivity index (χ4n) is 1.06. The average Bonchev–Trinajstić information content (AvgIpc) is 2.29. The van der Waals surface area contributed by atoms with E-state index in [-0.39, 0.29) is 11.5 Å². The lowest BCUT2D eigenvalue weighted by molar-refractivity contribution is -0.143. The number of H-pyrrole nitrogens is 1. The van der Waals surface area contributed by atoms with Crippen LogP contribution in [-0.2, 0) is 9.53 Å². The Kier molecular flexibility index (Phi) is 6.39. The second-order valence-corrected chi connectivity index (χ2v) is 4.50. The van der Waals surface area contributed by atoms with Crippen molar-refractivity contribution >= 4 is 17.7 Å². The molecule has 0 amide bonds. The van der Waals surface area contributed by atoms with Crippen molar-refractivity contribution in [3.05, 3.63) is 22.6 Å². The molecule has 0 atom stereocenters. The van der Waals surface area contributed by atoms with Crippen molar-refractivity contribution in [2.45, 2.75) is 31.3 Å². The van der Waals surface area contributed by atoms with E-state index < -0.39 is 0 Å². The minimum Gasteiger partial charge on any atom is -0.466 e. The van der Waals surface area contributed by atoms with Gasteiger partial charge in [0.1, 0.15) is 0 Å². The summed E-state index contributed by atoms with van der Waals surface area (Å²) in [6.45, 7) is 2.53. The summed E-state index contributed by atoms with van der Waals surface area (Å²) in [7, 11) is 0. The maximum atomic E-state index is 11.2. The number of esters is 1. The number of aromatic nitrogens is 2. The highest BCUT2D eigenvalue weighted by Crippen LogP contribution is 2.11. The van der Waals surface area contributed by atoms with Crippen molar-refractivity contribution in [1.29, 1.82) is 0 Å². The van der Waals surface area contributed by atoms with E-state index in [0.29, 0.717) is 23.9 Å². The highest BCUT2D eigenvalue weighted by molar-refractivity contribution is 7.99. The van der Waals surface area contributed by atoms with E-state index in [4.69, 9.17) is 4.74 Å². The fraction of sp³-hybridized carbons (Fsp3) is 0.545. The van der Waals surface area contributed by atoms with Gasteiger partial charge in [0.2, 0.25) is 0 Å². The number of hydrogen-bond donors (Lipinski definition) is 1. The van der Waals surface area contributed by atoms with Crippen LogP contribution in [0.15, 0.2) is 22.2 Å². The third kappa shape index (κ3) is 6.11. The predicted molar refractivity (Wildman–Crippen MR) is 66.1 cm³/mol. The Labute approximate surface area is 104 Å². The number of nitrogens with zero attached hydrogens (tertiary/aromatic N) is 1. The molecule has 0 bridgehead atoms. The molecule has 1 aromatic rings. The predicted octanol–water partition coefficient (Wildman–Crippen LogP) is 1.60. The molecule has 0 aliphatic rings. The number of rotatable bonds is 7. The lowest BCUT2D eigenvalue weighted by Gasteiger charge is -2.03. The summed E-state index contributed by atoms with van der Waals surface area (Å²) in [6.07, 6.45) is 3.68. The van der Waals surface area contributed by atoms with Crippen LogP contribution in [0.25, 0.3) is 0 Å². The third-order valence-electron chi connectivity index (χ3n) is 1.95. The Morgan fingerprint density at radius 2 is 2.41 bits per heavy atom. The van der Waals surface area contributed by atoms with Crippen molar-refractivity contribution in [2.75, 3.05) is 12.4 Å². The molecular weight excluding hydrogens is 240 g/mol. The molecule has 0 fully saturated rings. The van der Waals surface area contributed by atoms with Gasteiger partial charge >= 0.3 is 5.97 Å². The van der Waals surface area contributed by atoms with Crippen LogP contribution in [-0.4, -0.2) is 28.3 Å². The number of ether oxygens (including phenoxy) is 1. The van der Waals surface area contributed by atoms with Crippen LogP contribution in [0, 0.1) is 0 Å². The molecule has 1 rings (SSSR count). The van der Waals surface area contributed by atoms with Gasteiger partial charge in [-0.2, -0.15) is 0 Å². The molecule has 6 heteroatoms. The van der Waals surface area contributed by atoms with Gasteiger partial charge in [-0.1, -0.05) is 25.1 Å². The van der Waals surface area contributed by atoms with Gasteiger partial charge in [-0.05, 0) is 6.42 Å². The van der Waals surface area contributed by atoms with Crippen molar-refractivity contribution in [2.24, 2.45) is 0 Å².